The molecule has 7 heteroatoms. The highest BCUT2D eigenvalue weighted by Gasteiger charge is 2.17. The molecule has 17 heavy (non-hydrogen) atoms. The minimum Gasteiger partial charge on any atom is -0.476 e. The van der Waals surface area contributed by atoms with Gasteiger partial charge in [-0.3, -0.25) is 0 Å². The first-order valence-electron chi connectivity index (χ1n) is 4.44. The van der Waals surface area contributed by atoms with E-state index in [1.54, 1.807) is 0 Å². The van der Waals surface area contributed by atoms with Crippen LogP contribution in [-0.4, -0.2) is 16.1 Å². The van der Waals surface area contributed by atoms with Crippen LogP contribution in [0, 0.1) is 5.82 Å². The van der Waals surface area contributed by atoms with Gasteiger partial charge < -0.3 is 10.8 Å². The van der Waals surface area contributed by atoms with Crippen LogP contribution in [0.5, 0.6) is 0 Å². The van der Waals surface area contributed by atoms with Crippen LogP contribution < -0.4 is 5.73 Å². The molecule has 4 nitrogen and oxygen atoms in total. The number of nitrogens with zero attached hydrogens (tertiary/aromatic N) is 1. The molecule has 0 aliphatic carbocycles. The van der Waals surface area contributed by atoms with Crippen LogP contribution in [0.2, 0.25) is 5.02 Å². The predicted octanol–water partition coefficient (Wildman–Crippen LogP) is 2.88. The predicted molar refractivity (Wildman–Crippen MR) is 63.9 cm³/mol. The van der Waals surface area contributed by atoms with Crippen molar-refractivity contribution < 1.29 is 14.3 Å². The maximum atomic E-state index is 12.9. The van der Waals surface area contributed by atoms with Crippen molar-refractivity contribution in [3.05, 3.63) is 34.7 Å². The van der Waals surface area contributed by atoms with Gasteiger partial charge >= 0.3 is 5.97 Å². The molecule has 0 spiro atoms. The van der Waals surface area contributed by atoms with Crippen LogP contribution in [0.25, 0.3) is 10.6 Å². The molecule has 1 aromatic heterocycles. The number of hydrogen-bond donors (Lipinski definition) is 2. The molecule has 0 fully saturated rings. The Balaban J connectivity index is 2.53. The Bertz CT molecular complexity index is 600. The summed E-state index contributed by atoms with van der Waals surface area (Å²) in [5, 5.41) is 9.42. The molecule has 1 heterocycles. The fraction of sp³-hybridized carbons (Fsp3) is 0. The van der Waals surface area contributed by atoms with Crippen LogP contribution in [0.4, 0.5) is 9.39 Å². The summed E-state index contributed by atoms with van der Waals surface area (Å²) in [5.41, 5.74) is 5.76. The number of aromatic nitrogens is 1. The molecular formula is C10H6ClFN2O2S. The number of rotatable bonds is 2. The zero-order valence-corrected chi connectivity index (χ0v) is 9.85. The van der Waals surface area contributed by atoms with E-state index in [0.717, 1.165) is 17.4 Å². The number of hydrogen-bond acceptors (Lipinski definition) is 4. The van der Waals surface area contributed by atoms with E-state index in [4.69, 9.17) is 22.4 Å². The summed E-state index contributed by atoms with van der Waals surface area (Å²) in [6.45, 7) is 0. The molecule has 1 aromatic carbocycles. The molecule has 2 rings (SSSR count). The van der Waals surface area contributed by atoms with Gasteiger partial charge in [0.1, 0.15) is 15.8 Å². The average Bonchev–Trinajstić information content (AvgIpc) is 2.60. The lowest BCUT2D eigenvalue weighted by molar-refractivity contribution is 0.0692. The fourth-order valence-corrected chi connectivity index (χ4v) is 2.44. The van der Waals surface area contributed by atoms with E-state index in [1.165, 1.54) is 12.1 Å². The molecule has 0 bridgehead atoms. The van der Waals surface area contributed by atoms with Crippen LogP contribution in [-0.2, 0) is 0 Å². The molecule has 2 aromatic rings. The number of carboxylic acids is 1. The second kappa shape index (κ2) is 4.31. The van der Waals surface area contributed by atoms with Crippen molar-refractivity contribution in [2.45, 2.75) is 0 Å². The molecule has 0 aliphatic rings. The number of nitrogen functional groups attached to an aromatic ring is 1. The Morgan fingerprint density at radius 2 is 2.24 bits per heavy atom. The largest absolute Gasteiger partial charge is 0.476 e. The Morgan fingerprint density at radius 1 is 1.53 bits per heavy atom. The third-order valence-electron chi connectivity index (χ3n) is 2.02. The maximum absolute atomic E-state index is 12.9. The van der Waals surface area contributed by atoms with Gasteiger partial charge in [0.15, 0.2) is 5.69 Å². The summed E-state index contributed by atoms with van der Waals surface area (Å²) in [5.74, 6) is -1.68. The first-order chi connectivity index (χ1) is 7.99. The number of aromatic carboxylic acids is 1. The third-order valence-corrected chi connectivity index (χ3v) is 3.25. The van der Waals surface area contributed by atoms with Gasteiger partial charge in [0.2, 0.25) is 0 Å². The van der Waals surface area contributed by atoms with Crippen LogP contribution in [0.3, 0.4) is 0 Å². The first kappa shape index (κ1) is 11.8. The SMILES string of the molecule is Nc1sc(-c2ccc(F)cc2Cl)nc1C(=O)O. The zero-order valence-electron chi connectivity index (χ0n) is 8.28. The summed E-state index contributed by atoms with van der Waals surface area (Å²) in [6, 6.07) is 3.79. The molecule has 0 radical (unpaired) electrons. The minimum atomic E-state index is -1.21. The molecule has 0 saturated carbocycles. The van der Waals surface area contributed by atoms with E-state index in [0.29, 0.717) is 10.6 Å². The lowest BCUT2D eigenvalue weighted by Crippen LogP contribution is -2.00. The zero-order chi connectivity index (χ0) is 12.6. The molecule has 88 valence electrons. The Hall–Kier alpha value is -1.66. The normalized spacial score (nSPS) is 10.5. The van der Waals surface area contributed by atoms with Crippen molar-refractivity contribution in [1.29, 1.82) is 0 Å². The summed E-state index contributed by atoms with van der Waals surface area (Å²) >= 11 is 6.84. The van der Waals surface area contributed by atoms with E-state index >= 15 is 0 Å². The van der Waals surface area contributed by atoms with E-state index in [9.17, 15) is 9.18 Å². The van der Waals surface area contributed by atoms with Crippen molar-refractivity contribution in [3.8, 4) is 10.6 Å². The van der Waals surface area contributed by atoms with Crippen LogP contribution in [0.15, 0.2) is 18.2 Å². The van der Waals surface area contributed by atoms with Gasteiger partial charge in [-0.05, 0) is 18.2 Å². The number of nitrogens with two attached hydrogens (primary N) is 1. The van der Waals surface area contributed by atoms with Crippen molar-refractivity contribution in [1.82, 2.24) is 4.98 Å². The second-order valence-electron chi connectivity index (χ2n) is 3.16. The third kappa shape index (κ3) is 2.22. The van der Waals surface area contributed by atoms with Gasteiger partial charge in [-0.25, -0.2) is 14.2 Å². The molecule has 0 unspecified atom stereocenters. The number of carbonyl (C=O) groups is 1. The van der Waals surface area contributed by atoms with Crippen molar-refractivity contribution in [2.75, 3.05) is 5.73 Å². The molecule has 0 aliphatic heterocycles. The summed E-state index contributed by atoms with van der Waals surface area (Å²) in [6.07, 6.45) is 0. The molecule has 0 saturated heterocycles. The number of carboxylic acid groups (broad SMARTS) is 1. The first-order valence-corrected chi connectivity index (χ1v) is 5.63. The van der Waals surface area contributed by atoms with Gasteiger partial charge in [-0.15, -0.1) is 0 Å². The number of halogens is 2. The fourth-order valence-electron chi connectivity index (χ4n) is 1.26. The number of benzene rings is 1. The molecular weight excluding hydrogens is 267 g/mol. The summed E-state index contributed by atoms with van der Waals surface area (Å²) < 4.78 is 12.9. The van der Waals surface area contributed by atoms with Crippen LogP contribution in [0.1, 0.15) is 10.5 Å². The van der Waals surface area contributed by atoms with E-state index in [-0.39, 0.29) is 15.7 Å². The lowest BCUT2D eigenvalue weighted by Gasteiger charge is -1.99. The van der Waals surface area contributed by atoms with E-state index in [2.05, 4.69) is 4.98 Å². The maximum Gasteiger partial charge on any atom is 0.357 e. The number of anilines is 1. The Morgan fingerprint density at radius 3 is 2.76 bits per heavy atom. The lowest BCUT2D eigenvalue weighted by atomic mass is 10.2. The Labute approximate surface area is 104 Å². The quantitative estimate of drug-likeness (QED) is 0.881. The van der Waals surface area contributed by atoms with Crippen molar-refractivity contribution >= 4 is 33.9 Å². The van der Waals surface area contributed by atoms with Gasteiger partial charge in [0.25, 0.3) is 0 Å². The van der Waals surface area contributed by atoms with E-state index < -0.39 is 11.8 Å². The molecule has 0 atom stereocenters. The number of thiazole rings is 1. The summed E-state index contributed by atoms with van der Waals surface area (Å²) in [7, 11) is 0. The monoisotopic (exact) mass is 272 g/mol. The molecule has 0 amide bonds. The molecule has 3 N–H and O–H groups in total. The highest BCUT2D eigenvalue weighted by molar-refractivity contribution is 7.19. The minimum absolute atomic E-state index is 0.0906. The van der Waals surface area contributed by atoms with E-state index in [1.807, 2.05) is 0 Å². The highest BCUT2D eigenvalue weighted by Crippen LogP contribution is 2.34. The topological polar surface area (TPSA) is 76.2 Å². The summed E-state index contributed by atoms with van der Waals surface area (Å²) in [4.78, 5) is 14.6. The van der Waals surface area contributed by atoms with Crippen LogP contribution >= 0.6 is 22.9 Å². The van der Waals surface area contributed by atoms with Gasteiger partial charge in [0, 0.05) is 5.56 Å². The second-order valence-corrected chi connectivity index (χ2v) is 4.60. The standard InChI is InChI=1S/C10H6ClFN2O2S/c11-6-3-4(12)1-2-5(6)9-14-7(10(15)16)8(13)17-9/h1-3H,13H2,(H,15,16). The van der Waals surface area contributed by atoms with Crippen molar-refractivity contribution in [3.63, 3.8) is 0 Å². The van der Waals surface area contributed by atoms with Gasteiger partial charge in [0.05, 0.1) is 5.02 Å². The highest BCUT2D eigenvalue weighted by atomic mass is 35.5. The average molecular weight is 273 g/mol. The van der Waals surface area contributed by atoms with Crippen molar-refractivity contribution in [2.24, 2.45) is 0 Å². The Kier molecular flexibility index (Phi) is 2.99. The van der Waals surface area contributed by atoms with Gasteiger partial charge in [-0.1, -0.05) is 22.9 Å². The smallest absolute Gasteiger partial charge is 0.357 e. The van der Waals surface area contributed by atoms with Gasteiger partial charge in [-0.2, -0.15) is 0 Å².